The zero-order valence-corrected chi connectivity index (χ0v) is 20.0. The predicted molar refractivity (Wildman–Crippen MR) is 124 cm³/mol. The van der Waals surface area contributed by atoms with Gasteiger partial charge in [0.1, 0.15) is 6.04 Å². The van der Waals surface area contributed by atoms with Crippen LogP contribution in [0.3, 0.4) is 0 Å². The van der Waals surface area contributed by atoms with Gasteiger partial charge < -0.3 is 15.3 Å². The van der Waals surface area contributed by atoms with Gasteiger partial charge in [0, 0.05) is 24.0 Å². The molecule has 6 heteroatoms. The number of aliphatic hydroxyl groups excluding tert-OH is 1. The van der Waals surface area contributed by atoms with Gasteiger partial charge >= 0.3 is 0 Å². The molecule has 2 fully saturated rings. The highest BCUT2D eigenvalue weighted by Gasteiger charge is 2.41. The zero-order valence-electron chi connectivity index (χ0n) is 19.2. The first-order valence-corrected chi connectivity index (χ1v) is 12.0. The van der Waals surface area contributed by atoms with Crippen LogP contribution >= 0.6 is 11.6 Å². The summed E-state index contributed by atoms with van der Waals surface area (Å²) in [6, 6.07) is 7.52. The lowest BCUT2D eigenvalue weighted by molar-refractivity contribution is -0.142. The summed E-state index contributed by atoms with van der Waals surface area (Å²) in [5.41, 5.74) is 1.18. The predicted octanol–water partition coefficient (Wildman–Crippen LogP) is 4.37. The summed E-state index contributed by atoms with van der Waals surface area (Å²) in [5, 5.41) is 13.5. The second-order valence-corrected chi connectivity index (χ2v) is 10.8. The topological polar surface area (TPSA) is 69.6 Å². The Bertz CT molecular complexity index is 769. The molecule has 2 N–H and O–H groups in total. The van der Waals surface area contributed by atoms with Crippen LogP contribution in [0.25, 0.3) is 0 Å². The van der Waals surface area contributed by atoms with Crippen LogP contribution in [0.4, 0.5) is 0 Å². The Morgan fingerprint density at radius 1 is 1.10 bits per heavy atom. The first-order chi connectivity index (χ1) is 14.6. The summed E-state index contributed by atoms with van der Waals surface area (Å²) in [4.78, 5) is 28.2. The fraction of sp³-hybridized carbons (Fsp3) is 0.680. The molecule has 1 unspecified atom stereocenters. The summed E-state index contributed by atoms with van der Waals surface area (Å²) < 4.78 is 0. The largest absolute Gasteiger partial charge is 0.393 e. The van der Waals surface area contributed by atoms with E-state index in [4.69, 9.17) is 11.6 Å². The van der Waals surface area contributed by atoms with Crippen molar-refractivity contribution < 1.29 is 14.7 Å². The normalized spacial score (nSPS) is 27.1. The van der Waals surface area contributed by atoms with Crippen molar-refractivity contribution in [2.45, 2.75) is 77.9 Å². The molecule has 2 aliphatic rings. The summed E-state index contributed by atoms with van der Waals surface area (Å²) in [7, 11) is 0. The van der Waals surface area contributed by atoms with Crippen LogP contribution in [-0.4, -0.2) is 47.1 Å². The van der Waals surface area contributed by atoms with Crippen LogP contribution in [0.5, 0.6) is 0 Å². The molecule has 5 nitrogen and oxygen atoms in total. The van der Waals surface area contributed by atoms with E-state index in [0.29, 0.717) is 44.7 Å². The van der Waals surface area contributed by atoms with Gasteiger partial charge in [0.2, 0.25) is 11.8 Å². The summed E-state index contributed by atoms with van der Waals surface area (Å²) in [6.45, 7) is 9.74. The van der Waals surface area contributed by atoms with Gasteiger partial charge in [-0.2, -0.15) is 0 Å². The van der Waals surface area contributed by atoms with E-state index in [0.717, 1.165) is 11.4 Å². The minimum Gasteiger partial charge on any atom is -0.393 e. The van der Waals surface area contributed by atoms with Crippen molar-refractivity contribution >= 4 is 23.4 Å². The molecule has 0 radical (unpaired) electrons. The Labute approximate surface area is 191 Å². The van der Waals surface area contributed by atoms with E-state index < -0.39 is 6.04 Å². The third-order valence-electron chi connectivity index (χ3n) is 7.11. The zero-order chi connectivity index (χ0) is 22.8. The number of carbonyl (C=O) groups is 2. The molecule has 1 aliphatic carbocycles. The second-order valence-electron chi connectivity index (χ2n) is 10.4. The number of likely N-dealkylation sites (tertiary alicyclic amines) is 1. The maximum absolute atomic E-state index is 13.4. The Morgan fingerprint density at radius 3 is 2.26 bits per heavy atom. The maximum Gasteiger partial charge on any atom is 0.245 e. The molecule has 1 aromatic carbocycles. The van der Waals surface area contributed by atoms with Crippen molar-refractivity contribution in [1.29, 1.82) is 0 Å². The van der Waals surface area contributed by atoms with Gasteiger partial charge in [-0.05, 0) is 67.1 Å². The van der Waals surface area contributed by atoms with Crippen molar-refractivity contribution in [2.75, 3.05) is 13.1 Å². The number of benzene rings is 1. The van der Waals surface area contributed by atoms with E-state index in [2.05, 4.69) is 31.3 Å². The number of aliphatic hydroxyl groups is 1. The SMILES string of the molecule is CC(C)[C@@H](NC(=O)C1CCC(O)CC1)C(=O)N1CCC(c2ccc(Cl)cc2)C(C)(C)C1. The highest BCUT2D eigenvalue weighted by molar-refractivity contribution is 6.30. The quantitative estimate of drug-likeness (QED) is 0.702. The molecule has 1 heterocycles. The fourth-order valence-electron chi connectivity index (χ4n) is 5.18. The van der Waals surface area contributed by atoms with Crippen molar-refractivity contribution in [3.63, 3.8) is 0 Å². The summed E-state index contributed by atoms with van der Waals surface area (Å²) >= 11 is 6.06. The number of rotatable bonds is 5. The smallest absolute Gasteiger partial charge is 0.245 e. The molecule has 2 amide bonds. The van der Waals surface area contributed by atoms with Crippen molar-refractivity contribution in [1.82, 2.24) is 10.2 Å². The van der Waals surface area contributed by atoms with E-state index in [9.17, 15) is 14.7 Å². The standard InChI is InChI=1S/C25H37ClN2O3/c1-16(2)22(27-23(30)18-7-11-20(29)12-8-18)24(31)28-14-13-21(25(3,4)15-28)17-5-9-19(26)10-6-17/h5-6,9-10,16,18,20-22,29H,7-8,11-15H2,1-4H3,(H,27,30)/t18?,20?,21?,22-/m1/s1. The molecule has 172 valence electrons. The van der Waals surface area contributed by atoms with E-state index >= 15 is 0 Å². The Morgan fingerprint density at radius 2 is 1.71 bits per heavy atom. The molecule has 0 spiro atoms. The third-order valence-corrected chi connectivity index (χ3v) is 7.36. The number of amides is 2. The van der Waals surface area contributed by atoms with Gasteiger partial charge in [-0.15, -0.1) is 0 Å². The third kappa shape index (κ3) is 5.81. The first kappa shape index (κ1) is 24.1. The average Bonchev–Trinajstić information content (AvgIpc) is 2.72. The number of halogens is 1. The number of piperidine rings is 1. The van der Waals surface area contributed by atoms with Gasteiger partial charge in [0.05, 0.1) is 6.10 Å². The summed E-state index contributed by atoms with van der Waals surface area (Å²) in [6.07, 6.45) is 3.28. The van der Waals surface area contributed by atoms with E-state index in [1.165, 1.54) is 5.56 Å². The van der Waals surface area contributed by atoms with Gasteiger partial charge in [-0.25, -0.2) is 0 Å². The lowest BCUT2D eigenvalue weighted by Crippen LogP contribution is -2.56. The van der Waals surface area contributed by atoms with E-state index in [1.54, 1.807) is 0 Å². The molecular weight excluding hydrogens is 412 g/mol. The number of nitrogens with zero attached hydrogens (tertiary/aromatic N) is 1. The lowest BCUT2D eigenvalue weighted by atomic mass is 9.70. The van der Waals surface area contributed by atoms with Crippen LogP contribution in [0, 0.1) is 17.3 Å². The van der Waals surface area contributed by atoms with Crippen LogP contribution in [0.2, 0.25) is 5.02 Å². The summed E-state index contributed by atoms with van der Waals surface area (Å²) in [5.74, 6) is 0.234. The van der Waals surface area contributed by atoms with Gasteiger partial charge in [-0.3, -0.25) is 9.59 Å². The molecule has 1 aromatic rings. The van der Waals surface area contributed by atoms with Crippen molar-refractivity contribution in [2.24, 2.45) is 17.3 Å². The molecule has 1 aliphatic heterocycles. The molecule has 0 bridgehead atoms. The average molecular weight is 449 g/mol. The van der Waals surface area contributed by atoms with Gasteiger partial charge in [-0.1, -0.05) is 51.4 Å². The monoisotopic (exact) mass is 448 g/mol. The minimum absolute atomic E-state index is 0.0156. The maximum atomic E-state index is 13.4. The molecule has 0 aromatic heterocycles. The molecule has 31 heavy (non-hydrogen) atoms. The van der Waals surface area contributed by atoms with Gasteiger partial charge in [0.15, 0.2) is 0 Å². The van der Waals surface area contributed by atoms with Crippen LogP contribution in [0.1, 0.15) is 71.3 Å². The number of carbonyl (C=O) groups excluding carboxylic acids is 2. The highest BCUT2D eigenvalue weighted by atomic mass is 35.5. The first-order valence-electron chi connectivity index (χ1n) is 11.6. The Balaban J connectivity index is 1.66. The van der Waals surface area contributed by atoms with Crippen molar-refractivity contribution in [3.05, 3.63) is 34.9 Å². The number of nitrogens with one attached hydrogen (secondary N) is 1. The Kier molecular flexibility index (Phi) is 7.69. The number of hydrogen-bond acceptors (Lipinski definition) is 3. The molecule has 1 saturated carbocycles. The van der Waals surface area contributed by atoms with Crippen molar-refractivity contribution in [3.8, 4) is 0 Å². The number of hydrogen-bond donors (Lipinski definition) is 2. The minimum atomic E-state index is -0.512. The van der Waals surface area contributed by atoms with Crippen LogP contribution in [0.15, 0.2) is 24.3 Å². The van der Waals surface area contributed by atoms with Crippen LogP contribution in [-0.2, 0) is 9.59 Å². The molecular formula is C25H37ClN2O3. The van der Waals surface area contributed by atoms with E-state index in [-0.39, 0.29) is 35.2 Å². The van der Waals surface area contributed by atoms with Gasteiger partial charge in [0.25, 0.3) is 0 Å². The highest BCUT2D eigenvalue weighted by Crippen LogP contribution is 2.42. The lowest BCUT2D eigenvalue weighted by Gasteiger charge is -2.46. The second kappa shape index (κ2) is 9.91. The van der Waals surface area contributed by atoms with E-state index in [1.807, 2.05) is 30.9 Å². The Hall–Kier alpha value is -1.59. The molecule has 1 saturated heterocycles. The molecule has 2 atom stereocenters. The fourth-order valence-corrected chi connectivity index (χ4v) is 5.30. The molecule has 3 rings (SSSR count). The van der Waals surface area contributed by atoms with Crippen LogP contribution < -0.4 is 5.32 Å².